The van der Waals surface area contributed by atoms with Crippen molar-refractivity contribution in [2.45, 2.75) is 26.7 Å². The van der Waals surface area contributed by atoms with Crippen LogP contribution in [0, 0.1) is 0 Å². The normalized spacial score (nSPS) is 17.7. The number of anilines is 1. The molecule has 20 heavy (non-hydrogen) atoms. The highest BCUT2D eigenvalue weighted by Gasteiger charge is 2.26. The van der Waals surface area contributed by atoms with Gasteiger partial charge in [-0.25, -0.2) is 8.42 Å². The zero-order valence-corrected chi connectivity index (χ0v) is 13.4. The molecule has 1 heterocycles. The largest absolute Gasteiger partial charge is 0.369 e. The van der Waals surface area contributed by atoms with Crippen molar-refractivity contribution in [3.05, 3.63) is 29.8 Å². The number of benzene rings is 1. The zero-order chi connectivity index (χ0) is 14.8. The van der Waals surface area contributed by atoms with Gasteiger partial charge in [-0.05, 0) is 24.5 Å². The van der Waals surface area contributed by atoms with Crippen LogP contribution in [0.5, 0.6) is 0 Å². The molecule has 5 heteroatoms. The molecule has 1 aromatic carbocycles. The molecule has 2 rings (SSSR count). The van der Waals surface area contributed by atoms with E-state index in [0.29, 0.717) is 19.0 Å². The van der Waals surface area contributed by atoms with Gasteiger partial charge in [0.15, 0.2) is 0 Å². The third kappa shape index (κ3) is 3.15. The molecule has 0 saturated carbocycles. The summed E-state index contributed by atoms with van der Waals surface area (Å²) in [7, 11) is -3.05. The van der Waals surface area contributed by atoms with Gasteiger partial charge >= 0.3 is 0 Å². The van der Waals surface area contributed by atoms with Crippen molar-refractivity contribution in [1.29, 1.82) is 0 Å². The van der Waals surface area contributed by atoms with E-state index in [4.69, 9.17) is 0 Å². The molecule has 0 N–H and O–H groups in total. The van der Waals surface area contributed by atoms with E-state index in [-0.39, 0.29) is 5.75 Å². The van der Waals surface area contributed by atoms with Gasteiger partial charge in [-0.3, -0.25) is 0 Å². The number of nitrogens with zero attached hydrogens (tertiary/aromatic N) is 2. The van der Waals surface area contributed by atoms with Crippen LogP contribution in [-0.2, 0) is 10.0 Å². The van der Waals surface area contributed by atoms with E-state index in [2.05, 4.69) is 43.0 Å². The maximum absolute atomic E-state index is 11.9. The van der Waals surface area contributed by atoms with Crippen LogP contribution in [0.3, 0.4) is 0 Å². The highest BCUT2D eigenvalue weighted by atomic mass is 32.2. The second-order valence-corrected chi connectivity index (χ2v) is 7.76. The van der Waals surface area contributed by atoms with Gasteiger partial charge in [-0.1, -0.05) is 32.0 Å². The minimum absolute atomic E-state index is 0.190. The third-order valence-electron chi connectivity index (χ3n) is 3.90. The second kappa shape index (κ2) is 6.14. The van der Waals surface area contributed by atoms with E-state index >= 15 is 0 Å². The Hall–Kier alpha value is -1.07. The van der Waals surface area contributed by atoms with Crippen molar-refractivity contribution in [3.8, 4) is 0 Å². The smallest absolute Gasteiger partial charge is 0.213 e. The summed E-state index contributed by atoms with van der Waals surface area (Å²) in [5.74, 6) is 0.666. The first kappa shape index (κ1) is 15.3. The molecule has 0 aromatic heterocycles. The van der Waals surface area contributed by atoms with E-state index in [9.17, 15) is 8.42 Å². The van der Waals surface area contributed by atoms with Crippen LogP contribution in [-0.4, -0.2) is 44.7 Å². The van der Waals surface area contributed by atoms with Crippen molar-refractivity contribution >= 4 is 15.7 Å². The van der Waals surface area contributed by atoms with Crippen molar-refractivity contribution in [2.24, 2.45) is 0 Å². The Kier molecular flexibility index (Phi) is 4.70. The molecule has 0 bridgehead atoms. The fraction of sp³-hybridized carbons (Fsp3) is 0.600. The number of sulfonamides is 1. The first-order chi connectivity index (χ1) is 9.45. The summed E-state index contributed by atoms with van der Waals surface area (Å²) in [6, 6.07) is 8.42. The summed E-state index contributed by atoms with van der Waals surface area (Å²) in [6.45, 7) is 8.79. The maximum Gasteiger partial charge on any atom is 0.213 e. The number of hydrogen-bond donors (Lipinski definition) is 0. The predicted octanol–water partition coefficient (Wildman–Crippen LogP) is 2.28. The van der Waals surface area contributed by atoms with Crippen LogP contribution in [0.2, 0.25) is 0 Å². The average Bonchev–Trinajstić information content (AvgIpc) is 2.47. The Labute approximate surface area is 122 Å². The molecular formula is C15H24N2O2S. The molecule has 0 radical (unpaired) electrons. The fourth-order valence-corrected chi connectivity index (χ4v) is 3.74. The Bertz CT molecular complexity index is 547. The van der Waals surface area contributed by atoms with Crippen molar-refractivity contribution in [3.63, 3.8) is 0 Å². The van der Waals surface area contributed by atoms with Crippen molar-refractivity contribution in [1.82, 2.24) is 4.31 Å². The highest BCUT2D eigenvalue weighted by Crippen LogP contribution is 2.28. The van der Waals surface area contributed by atoms with Gasteiger partial charge in [0, 0.05) is 31.9 Å². The summed E-state index contributed by atoms with van der Waals surface area (Å²) < 4.78 is 25.4. The SMILES string of the molecule is CCS(=O)(=O)N1CCN(c2ccccc2C(C)C)CC1. The number of rotatable bonds is 4. The lowest BCUT2D eigenvalue weighted by molar-refractivity contribution is 0.385. The monoisotopic (exact) mass is 296 g/mol. The molecule has 0 aliphatic carbocycles. The first-order valence-electron chi connectivity index (χ1n) is 7.27. The van der Waals surface area contributed by atoms with Gasteiger partial charge in [-0.15, -0.1) is 0 Å². The van der Waals surface area contributed by atoms with Crippen LogP contribution < -0.4 is 4.90 Å². The maximum atomic E-state index is 11.9. The van der Waals surface area contributed by atoms with E-state index in [0.717, 1.165) is 13.1 Å². The summed E-state index contributed by atoms with van der Waals surface area (Å²) >= 11 is 0. The lowest BCUT2D eigenvalue weighted by Crippen LogP contribution is -2.49. The molecule has 4 nitrogen and oxygen atoms in total. The Morgan fingerprint density at radius 2 is 1.70 bits per heavy atom. The van der Waals surface area contributed by atoms with Gasteiger partial charge in [0.2, 0.25) is 10.0 Å². The number of para-hydroxylation sites is 1. The van der Waals surface area contributed by atoms with Crippen LogP contribution in [0.4, 0.5) is 5.69 Å². The minimum Gasteiger partial charge on any atom is -0.369 e. The summed E-state index contributed by atoms with van der Waals surface area (Å²) in [5, 5.41) is 0. The Morgan fingerprint density at radius 1 is 1.10 bits per heavy atom. The molecule has 1 aromatic rings. The molecular weight excluding hydrogens is 272 g/mol. The van der Waals surface area contributed by atoms with Crippen molar-refractivity contribution in [2.75, 3.05) is 36.8 Å². The van der Waals surface area contributed by atoms with Crippen molar-refractivity contribution < 1.29 is 8.42 Å². The van der Waals surface area contributed by atoms with Crippen LogP contribution in [0.25, 0.3) is 0 Å². The van der Waals surface area contributed by atoms with E-state index < -0.39 is 10.0 Å². The highest BCUT2D eigenvalue weighted by molar-refractivity contribution is 7.89. The molecule has 0 atom stereocenters. The van der Waals surface area contributed by atoms with E-state index in [1.54, 1.807) is 11.2 Å². The average molecular weight is 296 g/mol. The molecule has 1 fully saturated rings. The predicted molar refractivity (Wildman–Crippen MR) is 83.8 cm³/mol. The lowest BCUT2D eigenvalue weighted by atomic mass is 10.00. The number of hydrogen-bond acceptors (Lipinski definition) is 3. The van der Waals surface area contributed by atoms with Gasteiger partial charge in [-0.2, -0.15) is 4.31 Å². The second-order valence-electron chi connectivity index (χ2n) is 5.50. The Balaban J connectivity index is 2.12. The fourth-order valence-electron chi connectivity index (χ4n) is 2.65. The topological polar surface area (TPSA) is 40.6 Å². The van der Waals surface area contributed by atoms with Crippen LogP contribution in [0.1, 0.15) is 32.3 Å². The number of piperazine rings is 1. The quantitative estimate of drug-likeness (QED) is 0.856. The molecule has 0 amide bonds. The van der Waals surface area contributed by atoms with Crippen LogP contribution >= 0.6 is 0 Å². The molecule has 112 valence electrons. The van der Waals surface area contributed by atoms with Gasteiger partial charge in [0.1, 0.15) is 0 Å². The van der Waals surface area contributed by atoms with Gasteiger partial charge in [0.05, 0.1) is 5.75 Å². The third-order valence-corrected chi connectivity index (χ3v) is 5.78. The molecule has 1 aliphatic heterocycles. The van der Waals surface area contributed by atoms with E-state index in [1.807, 2.05) is 0 Å². The lowest BCUT2D eigenvalue weighted by Gasteiger charge is -2.36. The van der Waals surface area contributed by atoms with Crippen LogP contribution in [0.15, 0.2) is 24.3 Å². The summed E-state index contributed by atoms with van der Waals surface area (Å²) in [5.41, 5.74) is 2.58. The standard InChI is InChI=1S/C15H24N2O2S/c1-4-20(18,19)17-11-9-16(10-12-17)15-8-6-5-7-14(15)13(2)3/h5-8,13H,4,9-12H2,1-3H3. The minimum atomic E-state index is -3.05. The van der Waals surface area contributed by atoms with Gasteiger partial charge in [0.25, 0.3) is 0 Å². The summed E-state index contributed by atoms with van der Waals surface area (Å²) in [6.07, 6.45) is 0. The molecule has 0 spiro atoms. The molecule has 1 aliphatic rings. The molecule has 0 unspecified atom stereocenters. The van der Waals surface area contributed by atoms with E-state index in [1.165, 1.54) is 11.3 Å². The summed E-state index contributed by atoms with van der Waals surface area (Å²) in [4.78, 5) is 2.30. The van der Waals surface area contributed by atoms with Gasteiger partial charge < -0.3 is 4.90 Å². The first-order valence-corrected chi connectivity index (χ1v) is 8.88. The Morgan fingerprint density at radius 3 is 2.25 bits per heavy atom. The molecule has 1 saturated heterocycles. The zero-order valence-electron chi connectivity index (χ0n) is 12.5.